The Labute approximate surface area is 150 Å². The molecule has 3 aromatic rings. The Bertz CT molecular complexity index is 912. The van der Waals surface area contributed by atoms with Crippen LogP contribution in [0, 0.1) is 5.82 Å². The van der Waals surface area contributed by atoms with Crippen LogP contribution < -0.4 is 0 Å². The zero-order chi connectivity index (χ0) is 17.9. The summed E-state index contributed by atoms with van der Waals surface area (Å²) in [4.78, 5) is 26.1. The van der Waals surface area contributed by atoms with Crippen molar-refractivity contribution in [3.8, 4) is 0 Å². The number of hydrogen-bond acceptors (Lipinski definition) is 4. The van der Waals surface area contributed by atoms with Crippen molar-refractivity contribution in [1.29, 1.82) is 0 Å². The number of nitrogens with one attached hydrogen (secondary N) is 1. The van der Waals surface area contributed by atoms with E-state index in [0.717, 1.165) is 18.5 Å². The topological polar surface area (TPSA) is 71.1 Å². The van der Waals surface area contributed by atoms with Crippen LogP contribution in [0.15, 0.2) is 42.6 Å². The number of fused-ring (bicyclic) bond motifs is 1. The molecule has 1 aliphatic heterocycles. The molecule has 1 N–H and O–H groups in total. The maximum atomic E-state index is 13.2. The first-order valence-corrected chi connectivity index (χ1v) is 8.63. The van der Waals surface area contributed by atoms with E-state index in [9.17, 15) is 9.18 Å². The first kappa shape index (κ1) is 16.7. The molecule has 1 saturated heterocycles. The number of rotatable bonds is 5. The lowest BCUT2D eigenvalue weighted by atomic mass is 10.1. The fraction of sp³-hybridized carbons (Fsp3) is 0.316. The molecule has 0 radical (unpaired) electrons. The Kier molecular flexibility index (Phi) is 4.62. The molecule has 0 unspecified atom stereocenters. The molecule has 4 rings (SSSR count). The molecular formula is C19H19FN4O2. The molecule has 0 aliphatic carbocycles. The molecule has 1 aliphatic rings. The van der Waals surface area contributed by atoms with Gasteiger partial charge in [-0.2, -0.15) is 0 Å². The Balaban J connectivity index is 1.35. The SMILES string of the molecule is O=C(COCc1nc2ccc(F)cc2[nH]1)N1CCC[C@H]1c1ccccn1. The van der Waals surface area contributed by atoms with Crippen molar-refractivity contribution in [2.24, 2.45) is 0 Å². The molecule has 134 valence electrons. The Morgan fingerprint density at radius 1 is 1.35 bits per heavy atom. The van der Waals surface area contributed by atoms with Gasteiger partial charge in [0.25, 0.3) is 0 Å². The minimum atomic E-state index is -0.321. The van der Waals surface area contributed by atoms with Gasteiger partial charge in [0.15, 0.2) is 0 Å². The van der Waals surface area contributed by atoms with Crippen LogP contribution in [0.4, 0.5) is 4.39 Å². The molecule has 0 saturated carbocycles. The first-order chi connectivity index (χ1) is 12.7. The number of carbonyl (C=O) groups is 1. The van der Waals surface area contributed by atoms with Crippen molar-refractivity contribution in [2.45, 2.75) is 25.5 Å². The van der Waals surface area contributed by atoms with Crippen LogP contribution in [0.5, 0.6) is 0 Å². The van der Waals surface area contributed by atoms with E-state index < -0.39 is 0 Å². The lowest BCUT2D eigenvalue weighted by molar-refractivity contribution is -0.137. The maximum Gasteiger partial charge on any atom is 0.249 e. The summed E-state index contributed by atoms with van der Waals surface area (Å²) in [5.74, 6) is 0.194. The number of aromatic nitrogens is 3. The van der Waals surface area contributed by atoms with Gasteiger partial charge in [-0.15, -0.1) is 0 Å². The number of pyridine rings is 1. The summed E-state index contributed by atoms with van der Waals surface area (Å²) in [6.07, 6.45) is 3.62. The van der Waals surface area contributed by atoms with Crippen LogP contribution in [0.3, 0.4) is 0 Å². The second-order valence-electron chi connectivity index (χ2n) is 6.34. The molecule has 0 spiro atoms. The molecule has 2 aromatic heterocycles. The number of halogens is 1. The van der Waals surface area contributed by atoms with Crippen molar-refractivity contribution in [3.05, 3.63) is 59.9 Å². The summed E-state index contributed by atoms with van der Waals surface area (Å²) < 4.78 is 18.8. The normalized spacial score (nSPS) is 17.1. The van der Waals surface area contributed by atoms with Crippen LogP contribution in [0.2, 0.25) is 0 Å². The van der Waals surface area contributed by atoms with Crippen LogP contribution in [-0.2, 0) is 16.1 Å². The predicted molar refractivity (Wildman–Crippen MR) is 93.6 cm³/mol. The highest BCUT2D eigenvalue weighted by Crippen LogP contribution is 2.30. The molecular weight excluding hydrogens is 335 g/mol. The van der Waals surface area contributed by atoms with Gasteiger partial charge in [-0.1, -0.05) is 6.07 Å². The van der Waals surface area contributed by atoms with Gasteiger partial charge in [-0.3, -0.25) is 9.78 Å². The second-order valence-corrected chi connectivity index (χ2v) is 6.34. The standard InChI is InChI=1S/C19H19FN4O2/c20-13-6-7-14-16(10-13)23-18(22-14)11-26-12-19(25)24-9-3-5-17(24)15-4-1-2-8-21-15/h1-2,4,6-8,10,17H,3,5,9,11-12H2,(H,22,23)/t17-/m0/s1. The zero-order valence-electron chi connectivity index (χ0n) is 14.2. The van der Waals surface area contributed by atoms with Gasteiger partial charge < -0.3 is 14.6 Å². The summed E-state index contributed by atoms with van der Waals surface area (Å²) in [5.41, 5.74) is 2.20. The van der Waals surface area contributed by atoms with Crippen molar-refractivity contribution >= 4 is 16.9 Å². The van der Waals surface area contributed by atoms with Crippen molar-refractivity contribution in [3.63, 3.8) is 0 Å². The number of benzene rings is 1. The molecule has 1 aromatic carbocycles. The Morgan fingerprint density at radius 3 is 3.12 bits per heavy atom. The summed E-state index contributed by atoms with van der Waals surface area (Å²) in [6.45, 7) is 0.867. The lowest BCUT2D eigenvalue weighted by Gasteiger charge is -2.24. The number of ether oxygens (including phenoxy) is 1. The van der Waals surface area contributed by atoms with E-state index in [4.69, 9.17) is 4.74 Å². The first-order valence-electron chi connectivity index (χ1n) is 8.63. The average Bonchev–Trinajstić information content (AvgIpc) is 3.28. The van der Waals surface area contributed by atoms with Crippen LogP contribution >= 0.6 is 0 Å². The molecule has 26 heavy (non-hydrogen) atoms. The predicted octanol–water partition coefficient (Wildman–Crippen LogP) is 2.98. The van der Waals surface area contributed by atoms with Crippen molar-refractivity contribution < 1.29 is 13.9 Å². The number of H-pyrrole nitrogens is 1. The van der Waals surface area contributed by atoms with Crippen LogP contribution in [0.25, 0.3) is 11.0 Å². The smallest absolute Gasteiger partial charge is 0.249 e. The average molecular weight is 354 g/mol. The number of carbonyl (C=O) groups excluding carboxylic acids is 1. The van der Waals surface area contributed by atoms with Crippen LogP contribution in [0.1, 0.15) is 30.4 Å². The van der Waals surface area contributed by atoms with E-state index >= 15 is 0 Å². The third kappa shape index (κ3) is 3.43. The van der Waals surface area contributed by atoms with Crippen molar-refractivity contribution in [2.75, 3.05) is 13.2 Å². The third-order valence-corrected chi connectivity index (χ3v) is 4.56. The Hall–Kier alpha value is -2.80. The zero-order valence-corrected chi connectivity index (χ0v) is 14.2. The molecule has 7 heteroatoms. The number of hydrogen-bond donors (Lipinski definition) is 1. The monoisotopic (exact) mass is 354 g/mol. The highest BCUT2D eigenvalue weighted by atomic mass is 19.1. The number of aromatic amines is 1. The van der Waals surface area contributed by atoms with Gasteiger partial charge in [-0.05, 0) is 43.2 Å². The summed E-state index contributed by atoms with van der Waals surface area (Å²) >= 11 is 0. The van der Waals surface area contributed by atoms with E-state index in [1.165, 1.54) is 12.1 Å². The largest absolute Gasteiger partial charge is 0.364 e. The number of nitrogens with zero attached hydrogens (tertiary/aromatic N) is 3. The van der Waals surface area contributed by atoms with Gasteiger partial charge in [0, 0.05) is 12.7 Å². The molecule has 1 atom stereocenters. The number of likely N-dealkylation sites (tertiary alicyclic amines) is 1. The van der Waals surface area contributed by atoms with Gasteiger partial charge in [-0.25, -0.2) is 9.37 Å². The fourth-order valence-corrected chi connectivity index (χ4v) is 3.37. The third-order valence-electron chi connectivity index (χ3n) is 4.56. The highest BCUT2D eigenvalue weighted by molar-refractivity contribution is 5.78. The summed E-state index contributed by atoms with van der Waals surface area (Å²) in [6, 6.07) is 10.1. The fourth-order valence-electron chi connectivity index (χ4n) is 3.37. The van der Waals surface area contributed by atoms with E-state index in [1.54, 1.807) is 12.3 Å². The number of amides is 1. The van der Waals surface area contributed by atoms with Gasteiger partial charge >= 0.3 is 0 Å². The second kappa shape index (κ2) is 7.21. The highest BCUT2D eigenvalue weighted by Gasteiger charge is 2.30. The van der Waals surface area contributed by atoms with E-state index in [1.807, 2.05) is 23.1 Å². The van der Waals surface area contributed by atoms with E-state index in [-0.39, 0.29) is 31.0 Å². The van der Waals surface area contributed by atoms with Gasteiger partial charge in [0.1, 0.15) is 24.9 Å². The molecule has 6 nitrogen and oxygen atoms in total. The quantitative estimate of drug-likeness (QED) is 0.765. The molecule has 0 bridgehead atoms. The number of imidazole rings is 1. The minimum Gasteiger partial charge on any atom is -0.364 e. The van der Waals surface area contributed by atoms with Crippen LogP contribution in [-0.4, -0.2) is 38.9 Å². The molecule has 1 fully saturated rings. The maximum absolute atomic E-state index is 13.2. The van der Waals surface area contributed by atoms with Crippen molar-refractivity contribution in [1.82, 2.24) is 19.9 Å². The minimum absolute atomic E-state index is 0.0153. The summed E-state index contributed by atoms with van der Waals surface area (Å²) in [7, 11) is 0. The van der Waals surface area contributed by atoms with Gasteiger partial charge in [0.2, 0.25) is 5.91 Å². The van der Waals surface area contributed by atoms with E-state index in [2.05, 4.69) is 15.0 Å². The molecule has 1 amide bonds. The molecule has 3 heterocycles. The Morgan fingerprint density at radius 2 is 2.27 bits per heavy atom. The van der Waals surface area contributed by atoms with E-state index in [0.29, 0.717) is 23.4 Å². The summed E-state index contributed by atoms with van der Waals surface area (Å²) in [5, 5.41) is 0. The lowest BCUT2D eigenvalue weighted by Crippen LogP contribution is -2.33. The van der Waals surface area contributed by atoms with Gasteiger partial charge in [0.05, 0.1) is 22.8 Å².